The van der Waals surface area contributed by atoms with E-state index in [4.69, 9.17) is 4.74 Å². The molecule has 1 fully saturated rings. The van der Waals surface area contributed by atoms with E-state index in [-0.39, 0.29) is 11.9 Å². The Morgan fingerprint density at radius 3 is 3.07 bits per heavy atom. The SMILES string of the molecule is O=C1NC(Cc2cccc(F)c2)CO1. The second kappa shape index (κ2) is 3.65. The quantitative estimate of drug-likeness (QED) is 0.776. The molecule has 1 atom stereocenters. The lowest BCUT2D eigenvalue weighted by Gasteiger charge is -2.06. The van der Waals surface area contributed by atoms with Crippen molar-refractivity contribution in [3.05, 3.63) is 35.6 Å². The van der Waals surface area contributed by atoms with Crippen molar-refractivity contribution in [2.75, 3.05) is 6.61 Å². The molecule has 1 heterocycles. The van der Waals surface area contributed by atoms with Gasteiger partial charge < -0.3 is 10.1 Å². The molecule has 1 saturated heterocycles. The van der Waals surface area contributed by atoms with E-state index in [1.807, 2.05) is 6.07 Å². The summed E-state index contributed by atoms with van der Waals surface area (Å²) in [4.78, 5) is 10.7. The van der Waals surface area contributed by atoms with E-state index >= 15 is 0 Å². The van der Waals surface area contributed by atoms with Gasteiger partial charge >= 0.3 is 6.09 Å². The average Bonchev–Trinajstić information content (AvgIpc) is 2.51. The summed E-state index contributed by atoms with van der Waals surface area (Å²) in [6, 6.07) is 6.30. The third kappa shape index (κ3) is 2.02. The summed E-state index contributed by atoms with van der Waals surface area (Å²) in [7, 11) is 0. The van der Waals surface area contributed by atoms with Crippen molar-refractivity contribution in [2.45, 2.75) is 12.5 Å². The van der Waals surface area contributed by atoms with Crippen LogP contribution in [0.25, 0.3) is 0 Å². The van der Waals surface area contributed by atoms with Gasteiger partial charge in [0.2, 0.25) is 0 Å². The number of hydrogen-bond donors (Lipinski definition) is 1. The van der Waals surface area contributed by atoms with Gasteiger partial charge in [0.15, 0.2) is 0 Å². The van der Waals surface area contributed by atoms with E-state index in [0.29, 0.717) is 13.0 Å². The zero-order chi connectivity index (χ0) is 9.97. The maximum Gasteiger partial charge on any atom is 0.407 e. The molecule has 1 aromatic rings. The fourth-order valence-electron chi connectivity index (χ4n) is 1.48. The zero-order valence-electron chi connectivity index (χ0n) is 7.50. The van der Waals surface area contributed by atoms with Gasteiger partial charge in [0.05, 0.1) is 6.04 Å². The van der Waals surface area contributed by atoms with E-state index in [9.17, 15) is 9.18 Å². The first-order chi connectivity index (χ1) is 6.74. The Labute approximate surface area is 80.9 Å². The highest BCUT2D eigenvalue weighted by Gasteiger charge is 2.21. The Balaban J connectivity index is 2.00. The first-order valence-electron chi connectivity index (χ1n) is 4.42. The topological polar surface area (TPSA) is 38.3 Å². The number of nitrogens with one attached hydrogen (secondary N) is 1. The van der Waals surface area contributed by atoms with Crippen LogP contribution in [0.5, 0.6) is 0 Å². The lowest BCUT2D eigenvalue weighted by molar-refractivity contribution is 0.177. The van der Waals surface area contributed by atoms with Gasteiger partial charge in [0.1, 0.15) is 12.4 Å². The van der Waals surface area contributed by atoms with Crippen LogP contribution in [0.4, 0.5) is 9.18 Å². The molecule has 14 heavy (non-hydrogen) atoms. The second-order valence-electron chi connectivity index (χ2n) is 3.27. The van der Waals surface area contributed by atoms with Crippen LogP contribution in [0, 0.1) is 5.82 Å². The van der Waals surface area contributed by atoms with Gasteiger partial charge in [-0.25, -0.2) is 9.18 Å². The number of cyclic esters (lactones) is 1. The number of ether oxygens (including phenoxy) is 1. The van der Waals surface area contributed by atoms with Crippen molar-refractivity contribution in [1.82, 2.24) is 5.32 Å². The normalized spacial score (nSPS) is 20.4. The Morgan fingerprint density at radius 1 is 1.57 bits per heavy atom. The van der Waals surface area contributed by atoms with E-state index in [1.165, 1.54) is 12.1 Å². The van der Waals surface area contributed by atoms with Crippen LogP contribution < -0.4 is 5.32 Å². The monoisotopic (exact) mass is 195 g/mol. The Morgan fingerprint density at radius 2 is 2.43 bits per heavy atom. The van der Waals surface area contributed by atoms with Crippen LogP contribution >= 0.6 is 0 Å². The summed E-state index contributed by atoms with van der Waals surface area (Å²) in [5, 5.41) is 2.64. The van der Waals surface area contributed by atoms with Crippen LogP contribution in [-0.2, 0) is 11.2 Å². The number of hydrogen-bond acceptors (Lipinski definition) is 2. The first-order valence-corrected chi connectivity index (χ1v) is 4.42. The molecule has 0 aromatic heterocycles. The molecule has 2 rings (SSSR count). The number of amides is 1. The highest BCUT2D eigenvalue weighted by molar-refractivity contribution is 5.69. The highest BCUT2D eigenvalue weighted by Crippen LogP contribution is 2.09. The van der Waals surface area contributed by atoms with Gasteiger partial charge in [-0.2, -0.15) is 0 Å². The van der Waals surface area contributed by atoms with Crippen molar-refractivity contribution >= 4 is 6.09 Å². The number of carbonyl (C=O) groups excluding carboxylic acids is 1. The molecule has 1 N–H and O–H groups in total. The van der Waals surface area contributed by atoms with Crippen LogP contribution in [0.3, 0.4) is 0 Å². The summed E-state index contributed by atoms with van der Waals surface area (Å²) in [6.07, 6.45) is 0.204. The summed E-state index contributed by atoms with van der Waals surface area (Å²) in [5.41, 5.74) is 0.862. The van der Waals surface area contributed by atoms with Crippen molar-refractivity contribution in [2.24, 2.45) is 0 Å². The molecule has 1 unspecified atom stereocenters. The minimum Gasteiger partial charge on any atom is -0.447 e. The van der Waals surface area contributed by atoms with Crippen molar-refractivity contribution in [3.8, 4) is 0 Å². The third-order valence-corrected chi connectivity index (χ3v) is 2.11. The Kier molecular flexibility index (Phi) is 2.35. The molecule has 1 aliphatic heterocycles. The summed E-state index contributed by atoms with van der Waals surface area (Å²) >= 11 is 0. The Bertz CT molecular complexity index is 354. The smallest absolute Gasteiger partial charge is 0.407 e. The van der Waals surface area contributed by atoms with Gasteiger partial charge in [0.25, 0.3) is 0 Å². The average molecular weight is 195 g/mol. The summed E-state index contributed by atoms with van der Waals surface area (Å²) < 4.78 is 17.5. The molecular formula is C10H10FNO2. The van der Waals surface area contributed by atoms with Gasteiger partial charge in [-0.3, -0.25) is 0 Å². The number of halogens is 1. The minimum absolute atomic E-state index is 0.0377. The van der Waals surface area contributed by atoms with Gasteiger partial charge in [-0.15, -0.1) is 0 Å². The predicted molar refractivity (Wildman–Crippen MR) is 48.4 cm³/mol. The molecule has 0 radical (unpaired) electrons. The van der Waals surface area contributed by atoms with E-state index in [0.717, 1.165) is 5.56 Å². The van der Waals surface area contributed by atoms with Crippen LogP contribution in [0.2, 0.25) is 0 Å². The van der Waals surface area contributed by atoms with Crippen molar-refractivity contribution < 1.29 is 13.9 Å². The van der Waals surface area contributed by atoms with E-state index < -0.39 is 6.09 Å². The summed E-state index contributed by atoms with van der Waals surface area (Å²) in [5.74, 6) is -0.257. The number of alkyl carbamates (subject to hydrolysis) is 1. The molecule has 0 aliphatic carbocycles. The molecule has 3 nitrogen and oxygen atoms in total. The molecule has 1 amide bonds. The fourth-order valence-corrected chi connectivity index (χ4v) is 1.48. The predicted octanol–water partition coefficient (Wildman–Crippen LogP) is 1.48. The zero-order valence-corrected chi connectivity index (χ0v) is 7.50. The lowest BCUT2D eigenvalue weighted by atomic mass is 10.1. The largest absolute Gasteiger partial charge is 0.447 e. The van der Waals surface area contributed by atoms with Crippen LogP contribution in [-0.4, -0.2) is 18.7 Å². The van der Waals surface area contributed by atoms with E-state index in [2.05, 4.69) is 5.32 Å². The lowest BCUT2D eigenvalue weighted by Crippen LogP contribution is -2.28. The number of rotatable bonds is 2. The maximum atomic E-state index is 12.8. The molecule has 0 saturated carbocycles. The van der Waals surface area contributed by atoms with Crippen molar-refractivity contribution in [3.63, 3.8) is 0 Å². The summed E-state index contributed by atoms with van der Waals surface area (Å²) in [6.45, 7) is 0.356. The third-order valence-electron chi connectivity index (χ3n) is 2.11. The standard InChI is InChI=1S/C10H10FNO2/c11-8-3-1-2-7(4-8)5-9-6-14-10(13)12-9/h1-4,9H,5-6H2,(H,12,13). The molecule has 0 bridgehead atoms. The van der Waals surface area contributed by atoms with Gasteiger partial charge in [-0.1, -0.05) is 12.1 Å². The van der Waals surface area contributed by atoms with Crippen LogP contribution in [0.15, 0.2) is 24.3 Å². The number of carbonyl (C=O) groups is 1. The molecular weight excluding hydrogens is 185 g/mol. The van der Waals surface area contributed by atoms with Gasteiger partial charge in [0, 0.05) is 0 Å². The number of benzene rings is 1. The minimum atomic E-state index is -0.397. The molecule has 1 aliphatic rings. The van der Waals surface area contributed by atoms with E-state index in [1.54, 1.807) is 6.07 Å². The van der Waals surface area contributed by atoms with Crippen molar-refractivity contribution in [1.29, 1.82) is 0 Å². The maximum absolute atomic E-state index is 12.8. The molecule has 4 heteroatoms. The molecule has 74 valence electrons. The fraction of sp³-hybridized carbons (Fsp3) is 0.300. The van der Waals surface area contributed by atoms with Gasteiger partial charge in [-0.05, 0) is 24.1 Å². The highest BCUT2D eigenvalue weighted by atomic mass is 19.1. The molecule has 1 aromatic carbocycles. The molecule has 0 spiro atoms. The first kappa shape index (κ1) is 8.99. The second-order valence-corrected chi connectivity index (χ2v) is 3.27. The Hall–Kier alpha value is -1.58. The van der Waals surface area contributed by atoms with Crippen LogP contribution in [0.1, 0.15) is 5.56 Å².